The number of carbonyl (C=O) groups excluding carboxylic acids is 1. The minimum Gasteiger partial charge on any atom is -0.312 e. The van der Waals surface area contributed by atoms with Crippen LogP contribution in [-0.2, 0) is 0 Å². The molecule has 0 bridgehead atoms. The van der Waals surface area contributed by atoms with Crippen LogP contribution in [0.5, 0.6) is 0 Å². The molecule has 0 amide bonds. The highest BCUT2D eigenvalue weighted by Gasteiger charge is 2.21. The molecule has 1 saturated heterocycles. The van der Waals surface area contributed by atoms with Gasteiger partial charge in [0.05, 0.1) is 18.7 Å². The van der Waals surface area contributed by atoms with Crippen LogP contribution in [0, 0.1) is 17.3 Å². The SMILES string of the molecule is CC(C)(C)C#CCC(=O)c1cn(C2CNC2)nn1. The zero-order valence-corrected chi connectivity index (χ0v) is 11.0. The van der Waals surface area contributed by atoms with Crippen LogP contribution >= 0.6 is 0 Å². The topological polar surface area (TPSA) is 59.8 Å². The van der Waals surface area contributed by atoms with Crippen LogP contribution in [0.3, 0.4) is 0 Å². The summed E-state index contributed by atoms with van der Waals surface area (Å²) in [6.07, 6.45) is 1.92. The van der Waals surface area contributed by atoms with Crippen molar-refractivity contribution in [3.63, 3.8) is 0 Å². The lowest BCUT2D eigenvalue weighted by atomic mass is 9.97. The van der Waals surface area contributed by atoms with Gasteiger partial charge in [0.25, 0.3) is 0 Å². The van der Waals surface area contributed by atoms with Crippen molar-refractivity contribution in [3.8, 4) is 11.8 Å². The Morgan fingerprint density at radius 2 is 2.28 bits per heavy atom. The molecule has 0 saturated carbocycles. The van der Waals surface area contributed by atoms with Gasteiger partial charge in [-0.2, -0.15) is 0 Å². The van der Waals surface area contributed by atoms with Gasteiger partial charge in [-0.05, 0) is 20.8 Å². The summed E-state index contributed by atoms with van der Waals surface area (Å²) in [6.45, 7) is 7.83. The molecule has 0 spiro atoms. The molecule has 0 radical (unpaired) electrons. The van der Waals surface area contributed by atoms with Gasteiger partial charge in [-0.1, -0.05) is 17.1 Å². The third kappa shape index (κ3) is 3.17. The minimum atomic E-state index is -0.0739. The van der Waals surface area contributed by atoms with Gasteiger partial charge in [-0.15, -0.1) is 5.10 Å². The van der Waals surface area contributed by atoms with E-state index in [4.69, 9.17) is 0 Å². The second-order valence-electron chi connectivity index (χ2n) is 5.55. The number of aromatic nitrogens is 3. The maximum Gasteiger partial charge on any atom is 0.196 e. The molecule has 1 fully saturated rings. The van der Waals surface area contributed by atoms with E-state index < -0.39 is 0 Å². The number of hydrogen-bond donors (Lipinski definition) is 1. The molecule has 5 heteroatoms. The Labute approximate surface area is 107 Å². The lowest BCUT2D eigenvalue weighted by molar-refractivity contribution is 0.0993. The molecule has 0 unspecified atom stereocenters. The molecular formula is C13H18N4O. The van der Waals surface area contributed by atoms with Gasteiger partial charge in [0.1, 0.15) is 5.69 Å². The van der Waals surface area contributed by atoms with E-state index in [1.165, 1.54) is 0 Å². The van der Waals surface area contributed by atoms with Gasteiger partial charge in [-0.25, -0.2) is 4.68 Å². The molecule has 5 nitrogen and oxygen atoms in total. The molecule has 2 rings (SSSR count). The summed E-state index contributed by atoms with van der Waals surface area (Å²) in [5.74, 6) is 5.88. The maximum absolute atomic E-state index is 11.8. The smallest absolute Gasteiger partial charge is 0.196 e. The predicted octanol–water partition coefficient (Wildman–Crippen LogP) is 1.04. The summed E-state index contributed by atoms with van der Waals surface area (Å²) in [5, 5.41) is 11.0. The molecule has 0 aliphatic carbocycles. The van der Waals surface area contributed by atoms with Gasteiger partial charge >= 0.3 is 0 Å². The largest absolute Gasteiger partial charge is 0.312 e. The fourth-order valence-electron chi connectivity index (χ4n) is 1.52. The number of nitrogens with one attached hydrogen (secondary N) is 1. The highest BCUT2D eigenvalue weighted by Crippen LogP contribution is 2.12. The van der Waals surface area contributed by atoms with E-state index in [1.54, 1.807) is 10.9 Å². The van der Waals surface area contributed by atoms with E-state index in [2.05, 4.69) is 27.5 Å². The first-order valence-corrected chi connectivity index (χ1v) is 6.11. The Balaban J connectivity index is 1.96. The minimum absolute atomic E-state index is 0.0646. The Kier molecular flexibility index (Phi) is 3.48. The third-order valence-electron chi connectivity index (χ3n) is 2.64. The van der Waals surface area contributed by atoms with Gasteiger partial charge in [-0.3, -0.25) is 4.79 Å². The van der Waals surface area contributed by atoms with Crippen LogP contribution in [0.4, 0.5) is 0 Å². The van der Waals surface area contributed by atoms with Crippen molar-refractivity contribution in [1.82, 2.24) is 20.3 Å². The van der Waals surface area contributed by atoms with Crippen molar-refractivity contribution in [2.45, 2.75) is 33.2 Å². The second kappa shape index (κ2) is 4.91. The zero-order valence-electron chi connectivity index (χ0n) is 11.0. The number of hydrogen-bond acceptors (Lipinski definition) is 4. The number of Topliss-reactive ketones (excluding diaryl/α,β-unsaturated/α-hetero) is 1. The fraction of sp³-hybridized carbons (Fsp3) is 0.615. The molecule has 96 valence electrons. The van der Waals surface area contributed by atoms with Crippen molar-refractivity contribution in [3.05, 3.63) is 11.9 Å². The molecule has 2 heterocycles. The summed E-state index contributed by atoms with van der Waals surface area (Å²) in [4.78, 5) is 11.8. The summed E-state index contributed by atoms with van der Waals surface area (Å²) in [6, 6.07) is 0.333. The average molecular weight is 246 g/mol. The third-order valence-corrected chi connectivity index (χ3v) is 2.64. The summed E-state index contributed by atoms with van der Waals surface area (Å²) < 4.78 is 1.75. The lowest BCUT2D eigenvalue weighted by Crippen LogP contribution is -2.43. The van der Waals surface area contributed by atoms with E-state index in [1.807, 2.05) is 20.8 Å². The van der Waals surface area contributed by atoms with Crippen LogP contribution in [0.1, 0.15) is 43.7 Å². The molecule has 18 heavy (non-hydrogen) atoms. The molecule has 1 aliphatic heterocycles. The summed E-state index contributed by atoms with van der Waals surface area (Å²) >= 11 is 0. The monoisotopic (exact) mass is 246 g/mol. The Bertz CT molecular complexity index is 497. The van der Waals surface area contributed by atoms with E-state index >= 15 is 0 Å². The summed E-state index contributed by atoms with van der Waals surface area (Å²) in [5.41, 5.74) is 0.334. The van der Waals surface area contributed by atoms with Crippen LogP contribution in [0.2, 0.25) is 0 Å². The molecule has 0 aromatic carbocycles. The van der Waals surface area contributed by atoms with E-state index in [9.17, 15) is 4.79 Å². The highest BCUT2D eigenvalue weighted by molar-refractivity contribution is 5.95. The Morgan fingerprint density at radius 3 is 2.83 bits per heavy atom. The van der Waals surface area contributed by atoms with E-state index in [0.29, 0.717) is 11.7 Å². The molecular weight excluding hydrogens is 228 g/mol. The van der Waals surface area contributed by atoms with Gasteiger partial charge in [0.15, 0.2) is 5.78 Å². The maximum atomic E-state index is 11.8. The molecule has 1 N–H and O–H groups in total. The second-order valence-corrected chi connectivity index (χ2v) is 5.55. The van der Waals surface area contributed by atoms with Crippen molar-refractivity contribution in [1.29, 1.82) is 0 Å². The van der Waals surface area contributed by atoms with E-state index in [-0.39, 0.29) is 17.6 Å². The van der Waals surface area contributed by atoms with Crippen LogP contribution < -0.4 is 5.32 Å². The Morgan fingerprint density at radius 1 is 1.56 bits per heavy atom. The fourth-order valence-corrected chi connectivity index (χ4v) is 1.52. The standard InChI is InChI=1S/C13H18N4O/c1-13(2,3)6-4-5-12(18)11-9-17(16-15-11)10-7-14-8-10/h9-10,14H,5,7-8H2,1-3H3. The normalized spacial score (nSPS) is 15.7. The molecule has 1 aromatic heterocycles. The number of carbonyl (C=O) groups is 1. The quantitative estimate of drug-likeness (QED) is 0.639. The number of rotatable bonds is 3. The van der Waals surface area contributed by atoms with Crippen LogP contribution in [0.25, 0.3) is 0 Å². The first-order chi connectivity index (χ1) is 8.46. The van der Waals surface area contributed by atoms with E-state index in [0.717, 1.165) is 13.1 Å². The average Bonchev–Trinajstić information content (AvgIpc) is 2.62. The molecule has 0 atom stereocenters. The predicted molar refractivity (Wildman–Crippen MR) is 68.1 cm³/mol. The van der Waals surface area contributed by atoms with Crippen molar-refractivity contribution < 1.29 is 4.79 Å². The van der Waals surface area contributed by atoms with Crippen molar-refractivity contribution >= 4 is 5.78 Å². The van der Waals surface area contributed by atoms with Crippen molar-refractivity contribution in [2.24, 2.45) is 5.41 Å². The highest BCUT2D eigenvalue weighted by atomic mass is 16.1. The summed E-state index contributed by atoms with van der Waals surface area (Å²) in [7, 11) is 0. The first-order valence-electron chi connectivity index (χ1n) is 6.11. The van der Waals surface area contributed by atoms with Crippen molar-refractivity contribution in [2.75, 3.05) is 13.1 Å². The van der Waals surface area contributed by atoms with Crippen LogP contribution in [-0.4, -0.2) is 33.9 Å². The molecule has 1 aliphatic rings. The van der Waals surface area contributed by atoms with Gasteiger partial charge in [0.2, 0.25) is 0 Å². The zero-order chi connectivity index (χ0) is 13.2. The Hall–Kier alpha value is -1.67. The van der Waals surface area contributed by atoms with Gasteiger partial charge < -0.3 is 5.32 Å². The number of nitrogens with zero attached hydrogens (tertiary/aromatic N) is 3. The number of ketones is 1. The lowest BCUT2D eigenvalue weighted by Gasteiger charge is -2.26. The van der Waals surface area contributed by atoms with Gasteiger partial charge in [0, 0.05) is 18.5 Å². The first kappa shape index (κ1) is 12.8. The molecule has 1 aromatic rings. The van der Waals surface area contributed by atoms with Crippen LogP contribution in [0.15, 0.2) is 6.20 Å².